The molecular weight excluding hydrogens is 186 g/mol. The Hall–Kier alpha value is -1.26. The van der Waals surface area contributed by atoms with Crippen molar-refractivity contribution in [2.75, 3.05) is 7.05 Å². The second kappa shape index (κ2) is 4.30. The SMILES string of the molecule is C[C@@H](C(=O)[O-])N(C)C(=O)OC(C)(C)C. The standard InChI is InChI=1S/C9H17NO4/c1-6(7(11)12)10(5)8(13)14-9(2,3)4/h6H,1-5H3,(H,11,12)/p-1/t6-/m0/s1. The maximum absolute atomic E-state index is 11.3. The number of nitrogens with zero attached hydrogens (tertiary/aromatic N) is 1. The Balaban J connectivity index is 4.33. The van der Waals surface area contributed by atoms with Crippen LogP contribution in [-0.4, -0.2) is 35.7 Å². The van der Waals surface area contributed by atoms with Gasteiger partial charge in [0.15, 0.2) is 0 Å². The number of amides is 1. The van der Waals surface area contributed by atoms with Gasteiger partial charge in [-0.2, -0.15) is 0 Å². The Morgan fingerprint density at radius 2 is 1.79 bits per heavy atom. The molecule has 82 valence electrons. The van der Waals surface area contributed by atoms with E-state index in [1.807, 2.05) is 0 Å². The van der Waals surface area contributed by atoms with Crippen molar-refractivity contribution in [1.82, 2.24) is 4.90 Å². The van der Waals surface area contributed by atoms with Gasteiger partial charge in [-0.25, -0.2) is 4.79 Å². The number of carbonyl (C=O) groups is 2. The van der Waals surface area contributed by atoms with E-state index >= 15 is 0 Å². The molecule has 0 saturated carbocycles. The van der Waals surface area contributed by atoms with Crippen LogP contribution in [0.3, 0.4) is 0 Å². The third-order valence-electron chi connectivity index (χ3n) is 1.60. The van der Waals surface area contributed by atoms with Gasteiger partial charge < -0.3 is 19.5 Å². The summed E-state index contributed by atoms with van der Waals surface area (Å²) in [4.78, 5) is 22.8. The first kappa shape index (κ1) is 12.7. The van der Waals surface area contributed by atoms with Gasteiger partial charge in [-0.3, -0.25) is 0 Å². The molecule has 5 heteroatoms. The molecule has 0 bridgehead atoms. The van der Waals surface area contributed by atoms with E-state index in [2.05, 4.69) is 0 Å². The summed E-state index contributed by atoms with van der Waals surface area (Å²) in [6.45, 7) is 6.49. The van der Waals surface area contributed by atoms with Gasteiger partial charge in [0, 0.05) is 7.05 Å². The number of carboxylic acid groups (broad SMARTS) is 1. The molecule has 1 amide bonds. The normalized spacial score (nSPS) is 13.2. The number of hydrogen-bond acceptors (Lipinski definition) is 4. The summed E-state index contributed by atoms with van der Waals surface area (Å²) >= 11 is 0. The molecule has 5 nitrogen and oxygen atoms in total. The van der Waals surface area contributed by atoms with Crippen LogP contribution in [0.2, 0.25) is 0 Å². The number of rotatable bonds is 2. The van der Waals surface area contributed by atoms with E-state index < -0.39 is 23.7 Å². The molecule has 0 aliphatic rings. The quantitative estimate of drug-likeness (QED) is 0.631. The van der Waals surface area contributed by atoms with E-state index in [1.165, 1.54) is 14.0 Å². The van der Waals surface area contributed by atoms with Gasteiger partial charge in [0.2, 0.25) is 0 Å². The average Bonchev–Trinajstić information content (AvgIpc) is 1.98. The number of ether oxygens (including phenoxy) is 1. The lowest BCUT2D eigenvalue weighted by Crippen LogP contribution is -2.48. The molecule has 0 aromatic heterocycles. The van der Waals surface area contributed by atoms with Crippen LogP contribution in [0.25, 0.3) is 0 Å². The summed E-state index contributed by atoms with van der Waals surface area (Å²) in [5.74, 6) is -1.31. The van der Waals surface area contributed by atoms with Gasteiger partial charge in [0.25, 0.3) is 0 Å². The van der Waals surface area contributed by atoms with Crippen molar-refractivity contribution in [2.45, 2.75) is 39.3 Å². The molecular formula is C9H16NO4-. The Bertz CT molecular complexity index is 231. The van der Waals surface area contributed by atoms with Crippen LogP contribution < -0.4 is 5.11 Å². The molecule has 0 saturated heterocycles. The van der Waals surface area contributed by atoms with Crippen LogP contribution in [0, 0.1) is 0 Å². The van der Waals surface area contributed by atoms with Crippen molar-refractivity contribution in [2.24, 2.45) is 0 Å². The highest BCUT2D eigenvalue weighted by atomic mass is 16.6. The van der Waals surface area contributed by atoms with Crippen LogP contribution in [0.15, 0.2) is 0 Å². The molecule has 0 aromatic rings. The molecule has 0 heterocycles. The Labute approximate surface area is 83.6 Å². The van der Waals surface area contributed by atoms with E-state index in [0.717, 1.165) is 4.90 Å². The van der Waals surface area contributed by atoms with Gasteiger partial charge in [-0.1, -0.05) is 0 Å². The molecule has 0 radical (unpaired) electrons. The molecule has 0 N–H and O–H groups in total. The molecule has 0 unspecified atom stereocenters. The average molecular weight is 202 g/mol. The van der Waals surface area contributed by atoms with Gasteiger partial charge in [0.1, 0.15) is 5.60 Å². The summed E-state index contributed by atoms with van der Waals surface area (Å²) in [6.07, 6.45) is -0.672. The monoisotopic (exact) mass is 202 g/mol. The summed E-state index contributed by atoms with van der Waals surface area (Å²) in [5, 5.41) is 10.5. The highest BCUT2D eigenvalue weighted by Crippen LogP contribution is 2.10. The number of likely N-dealkylation sites (N-methyl/N-ethyl adjacent to an activating group) is 1. The summed E-state index contributed by atoms with van der Waals surface area (Å²) in [6, 6.07) is -0.996. The first-order chi connectivity index (χ1) is 6.15. The van der Waals surface area contributed by atoms with Crippen molar-refractivity contribution in [3.63, 3.8) is 0 Å². The zero-order valence-electron chi connectivity index (χ0n) is 9.16. The highest BCUT2D eigenvalue weighted by Gasteiger charge is 2.23. The number of aliphatic carboxylic acids is 1. The number of carboxylic acids is 1. The van der Waals surface area contributed by atoms with Crippen molar-refractivity contribution < 1.29 is 19.4 Å². The number of carbonyl (C=O) groups excluding carboxylic acids is 2. The van der Waals surface area contributed by atoms with Gasteiger partial charge in [0.05, 0.1) is 12.0 Å². The molecule has 0 spiro atoms. The molecule has 0 aliphatic carbocycles. The van der Waals surface area contributed by atoms with Crippen LogP contribution >= 0.6 is 0 Å². The third-order valence-corrected chi connectivity index (χ3v) is 1.60. The summed E-state index contributed by atoms with van der Waals surface area (Å²) < 4.78 is 4.97. The highest BCUT2D eigenvalue weighted by molar-refractivity contribution is 5.78. The Morgan fingerprint density at radius 1 is 1.36 bits per heavy atom. The summed E-state index contributed by atoms with van der Waals surface area (Å²) in [5.41, 5.74) is -0.628. The van der Waals surface area contributed by atoms with Crippen molar-refractivity contribution in [3.05, 3.63) is 0 Å². The zero-order valence-corrected chi connectivity index (χ0v) is 9.16. The fourth-order valence-electron chi connectivity index (χ4n) is 0.650. The lowest BCUT2D eigenvalue weighted by Gasteiger charge is -2.28. The molecule has 14 heavy (non-hydrogen) atoms. The summed E-state index contributed by atoms with van der Waals surface area (Å²) in [7, 11) is 1.36. The van der Waals surface area contributed by atoms with Gasteiger partial charge in [-0.15, -0.1) is 0 Å². The minimum absolute atomic E-state index is 0.628. The predicted octanol–water partition coefficient (Wildman–Crippen LogP) is -0.00830. The first-order valence-corrected chi connectivity index (χ1v) is 4.32. The van der Waals surface area contributed by atoms with Crippen molar-refractivity contribution in [1.29, 1.82) is 0 Å². The van der Waals surface area contributed by atoms with E-state index in [9.17, 15) is 14.7 Å². The van der Waals surface area contributed by atoms with Crippen LogP contribution in [-0.2, 0) is 9.53 Å². The smallest absolute Gasteiger partial charge is 0.410 e. The van der Waals surface area contributed by atoms with Crippen LogP contribution in [0.4, 0.5) is 4.79 Å². The zero-order chi connectivity index (χ0) is 11.5. The topological polar surface area (TPSA) is 69.7 Å². The fourth-order valence-corrected chi connectivity index (χ4v) is 0.650. The van der Waals surface area contributed by atoms with E-state index in [1.54, 1.807) is 20.8 Å². The first-order valence-electron chi connectivity index (χ1n) is 4.32. The predicted molar refractivity (Wildman–Crippen MR) is 48.5 cm³/mol. The van der Waals surface area contributed by atoms with Crippen molar-refractivity contribution >= 4 is 12.1 Å². The third kappa shape index (κ3) is 4.11. The van der Waals surface area contributed by atoms with Crippen LogP contribution in [0.5, 0.6) is 0 Å². The number of hydrogen-bond donors (Lipinski definition) is 0. The Kier molecular flexibility index (Phi) is 3.92. The molecule has 0 fully saturated rings. The lowest BCUT2D eigenvalue weighted by atomic mass is 10.2. The second-order valence-corrected chi connectivity index (χ2v) is 4.09. The van der Waals surface area contributed by atoms with E-state index in [-0.39, 0.29) is 0 Å². The Morgan fingerprint density at radius 3 is 2.07 bits per heavy atom. The molecule has 0 aromatic carbocycles. The maximum Gasteiger partial charge on any atom is 0.410 e. The molecule has 0 aliphatic heterocycles. The largest absolute Gasteiger partial charge is 0.548 e. The van der Waals surface area contributed by atoms with Crippen LogP contribution in [0.1, 0.15) is 27.7 Å². The van der Waals surface area contributed by atoms with Gasteiger partial charge in [-0.05, 0) is 27.7 Å². The minimum atomic E-state index is -1.31. The maximum atomic E-state index is 11.3. The molecule has 0 rings (SSSR count). The minimum Gasteiger partial charge on any atom is -0.548 e. The van der Waals surface area contributed by atoms with Gasteiger partial charge >= 0.3 is 6.09 Å². The lowest BCUT2D eigenvalue weighted by molar-refractivity contribution is -0.310. The van der Waals surface area contributed by atoms with E-state index in [0.29, 0.717) is 0 Å². The fraction of sp³-hybridized carbons (Fsp3) is 0.778. The van der Waals surface area contributed by atoms with E-state index in [4.69, 9.17) is 4.74 Å². The molecule has 1 atom stereocenters. The second-order valence-electron chi connectivity index (χ2n) is 4.09. The van der Waals surface area contributed by atoms with Crippen molar-refractivity contribution in [3.8, 4) is 0 Å².